The number of nitrogens with zero attached hydrogens (tertiary/aromatic N) is 2. The molecule has 1 heterocycles. The van der Waals surface area contributed by atoms with Crippen LogP contribution in [-0.2, 0) is 20.8 Å². The second-order valence-electron chi connectivity index (χ2n) is 3.66. The van der Waals surface area contributed by atoms with Crippen LogP contribution in [0.2, 0.25) is 5.15 Å². The van der Waals surface area contributed by atoms with E-state index in [1.807, 2.05) is 6.92 Å². The third-order valence-corrected chi connectivity index (χ3v) is 2.35. The van der Waals surface area contributed by atoms with Crippen LogP contribution in [0.1, 0.15) is 12.7 Å². The lowest BCUT2D eigenvalue weighted by Gasteiger charge is -2.08. The lowest BCUT2D eigenvalue weighted by Crippen LogP contribution is -2.13. The van der Waals surface area contributed by atoms with Crippen molar-refractivity contribution in [3.63, 3.8) is 0 Å². The fourth-order valence-electron chi connectivity index (χ4n) is 1.31. The zero-order valence-electron chi connectivity index (χ0n) is 11.3. The minimum Gasteiger partial charge on any atom is -0.382 e. The van der Waals surface area contributed by atoms with Gasteiger partial charge in [0.15, 0.2) is 5.82 Å². The highest BCUT2D eigenvalue weighted by Gasteiger charge is 2.03. The predicted molar refractivity (Wildman–Crippen MR) is 73.6 cm³/mol. The molecule has 0 fully saturated rings. The van der Waals surface area contributed by atoms with E-state index in [1.54, 1.807) is 13.2 Å². The molecule has 1 aromatic rings. The van der Waals surface area contributed by atoms with E-state index in [4.69, 9.17) is 25.8 Å². The van der Waals surface area contributed by atoms with Gasteiger partial charge in [-0.05, 0) is 6.92 Å². The molecule has 0 saturated carbocycles. The van der Waals surface area contributed by atoms with E-state index < -0.39 is 0 Å². The summed E-state index contributed by atoms with van der Waals surface area (Å²) >= 11 is 5.92. The van der Waals surface area contributed by atoms with Crippen LogP contribution < -0.4 is 5.32 Å². The van der Waals surface area contributed by atoms with Crippen LogP contribution in [0, 0.1) is 0 Å². The van der Waals surface area contributed by atoms with Gasteiger partial charge in [-0.25, -0.2) is 9.97 Å². The molecule has 1 aromatic heterocycles. The smallest absolute Gasteiger partial charge is 0.158 e. The van der Waals surface area contributed by atoms with Crippen molar-refractivity contribution in [3.05, 3.63) is 17.0 Å². The standard InChI is InChI=1S/C12H20ClN3O3/c1-3-18-9-12-15-10(13)8-11(16-12)14-4-5-19-7-6-17-2/h8H,3-7,9H2,1-2H3,(H,14,15,16). The fourth-order valence-corrected chi connectivity index (χ4v) is 1.51. The Kier molecular flexibility index (Phi) is 8.40. The average Bonchev–Trinajstić information content (AvgIpc) is 2.40. The van der Waals surface area contributed by atoms with E-state index in [-0.39, 0.29) is 0 Å². The molecule has 0 aromatic carbocycles. The lowest BCUT2D eigenvalue weighted by molar-refractivity contribution is 0.0759. The van der Waals surface area contributed by atoms with Gasteiger partial charge >= 0.3 is 0 Å². The van der Waals surface area contributed by atoms with Gasteiger partial charge in [0.2, 0.25) is 0 Å². The maximum absolute atomic E-state index is 5.92. The summed E-state index contributed by atoms with van der Waals surface area (Å²) in [6.07, 6.45) is 0. The minimum atomic E-state index is 0.357. The molecular formula is C12H20ClN3O3. The Morgan fingerprint density at radius 3 is 2.79 bits per heavy atom. The third kappa shape index (κ3) is 7.27. The van der Waals surface area contributed by atoms with Gasteiger partial charge in [0.25, 0.3) is 0 Å². The molecule has 1 rings (SSSR count). The van der Waals surface area contributed by atoms with Crippen molar-refractivity contribution < 1.29 is 14.2 Å². The van der Waals surface area contributed by atoms with Gasteiger partial charge in [0, 0.05) is 26.3 Å². The number of hydrogen-bond acceptors (Lipinski definition) is 6. The molecule has 0 radical (unpaired) electrons. The van der Waals surface area contributed by atoms with Crippen LogP contribution in [0.5, 0.6) is 0 Å². The Morgan fingerprint density at radius 1 is 1.21 bits per heavy atom. The maximum Gasteiger partial charge on any atom is 0.158 e. The van der Waals surface area contributed by atoms with E-state index in [1.165, 1.54) is 0 Å². The van der Waals surface area contributed by atoms with Gasteiger partial charge in [-0.15, -0.1) is 0 Å². The molecule has 0 unspecified atom stereocenters. The van der Waals surface area contributed by atoms with Crippen LogP contribution in [0.3, 0.4) is 0 Å². The molecule has 0 bridgehead atoms. The Morgan fingerprint density at radius 2 is 2.05 bits per heavy atom. The van der Waals surface area contributed by atoms with E-state index >= 15 is 0 Å². The second-order valence-corrected chi connectivity index (χ2v) is 4.05. The normalized spacial score (nSPS) is 10.7. The Bertz CT molecular complexity index is 366. The molecule has 108 valence electrons. The molecule has 0 atom stereocenters. The zero-order valence-corrected chi connectivity index (χ0v) is 12.1. The lowest BCUT2D eigenvalue weighted by atomic mass is 10.5. The van der Waals surface area contributed by atoms with Crippen LogP contribution in [0.4, 0.5) is 5.82 Å². The minimum absolute atomic E-state index is 0.357. The van der Waals surface area contributed by atoms with Crippen molar-refractivity contribution in [2.75, 3.05) is 45.4 Å². The van der Waals surface area contributed by atoms with Gasteiger partial charge in [-0.1, -0.05) is 11.6 Å². The fraction of sp³-hybridized carbons (Fsp3) is 0.667. The molecule has 6 nitrogen and oxygen atoms in total. The number of rotatable bonds is 10. The van der Waals surface area contributed by atoms with Crippen molar-refractivity contribution in [1.82, 2.24) is 9.97 Å². The van der Waals surface area contributed by atoms with Gasteiger partial charge < -0.3 is 19.5 Å². The molecule has 7 heteroatoms. The number of halogens is 1. The van der Waals surface area contributed by atoms with Crippen LogP contribution >= 0.6 is 11.6 Å². The highest BCUT2D eigenvalue weighted by Crippen LogP contribution is 2.11. The second kappa shape index (κ2) is 9.91. The summed E-state index contributed by atoms with van der Waals surface area (Å²) in [6.45, 7) is 5.29. The van der Waals surface area contributed by atoms with E-state index in [0.29, 0.717) is 56.4 Å². The molecule has 0 spiro atoms. The molecular weight excluding hydrogens is 270 g/mol. The summed E-state index contributed by atoms with van der Waals surface area (Å²) in [4.78, 5) is 8.37. The molecule has 1 N–H and O–H groups in total. The van der Waals surface area contributed by atoms with Crippen molar-refractivity contribution in [2.45, 2.75) is 13.5 Å². The van der Waals surface area contributed by atoms with Crippen molar-refractivity contribution >= 4 is 17.4 Å². The first-order chi connectivity index (χ1) is 9.26. The topological polar surface area (TPSA) is 65.5 Å². The average molecular weight is 290 g/mol. The summed E-state index contributed by atoms with van der Waals surface area (Å²) in [7, 11) is 1.64. The first-order valence-electron chi connectivity index (χ1n) is 6.18. The van der Waals surface area contributed by atoms with Gasteiger partial charge in [0.05, 0.1) is 19.8 Å². The Hall–Kier alpha value is -0.950. The monoisotopic (exact) mass is 289 g/mol. The van der Waals surface area contributed by atoms with Crippen LogP contribution in [0.25, 0.3) is 0 Å². The summed E-state index contributed by atoms with van der Waals surface area (Å²) in [5.74, 6) is 1.24. The van der Waals surface area contributed by atoms with Gasteiger partial charge in [-0.2, -0.15) is 0 Å². The third-order valence-electron chi connectivity index (χ3n) is 2.16. The summed E-state index contributed by atoms with van der Waals surface area (Å²) in [5.41, 5.74) is 0. The van der Waals surface area contributed by atoms with Crippen LogP contribution in [-0.4, -0.2) is 50.1 Å². The van der Waals surface area contributed by atoms with E-state index in [9.17, 15) is 0 Å². The largest absolute Gasteiger partial charge is 0.382 e. The number of methoxy groups -OCH3 is 1. The van der Waals surface area contributed by atoms with Gasteiger partial charge in [-0.3, -0.25) is 0 Å². The maximum atomic E-state index is 5.92. The summed E-state index contributed by atoms with van der Waals surface area (Å²) in [5, 5.41) is 3.52. The van der Waals surface area contributed by atoms with E-state index in [0.717, 1.165) is 0 Å². The zero-order chi connectivity index (χ0) is 13.9. The van der Waals surface area contributed by atoms with Gasteiger partial charge in [0.1, 0.15) is 17.6 Å². The number of aromatic nitrogens is 2. The molecule has 0 saturated heterocycles. The highest BCUT2D eigenvalue weighted by atomic mass is 35.5. The van der Waals surface area contributed by atoms with Crippen LogP contribution in [0.15, 0.2) is 6.07 Å². The predicted octanol–water partition coefficient (Wildman–Crippen LogP) is 1.74. The van der Waals surface area contributed by atoms with Crippen molar-refractivity contribution in [2.24, 2.45) is 0 Å². The first kappa shape index (κ1) is 16.1. The quantitative estimate of drug-likeness (QED) is 0.523. The number of nitrogens with one attached hydrogen (secondary N) is 1. The number of ether oxygens (including phenoxy) is 3. The Balaban J connectivity index is 2.34. The number of hydrogen-bond donors (Lipinski definition) is 1. The molecule has 19 heavy (non-hydrogen) atoms. The Labute approximate surface area is 118 Å². The summed E-state index contributed by atoms with van der Waals surface area (Å²) < 4.78 is 15.5. The molecule has 0 aliphatic rings. The van der Waals surface area contributed by atoms with Crippen molar-refractivity contribution in [1.29, 1.82) is 0 Å². The molecule has 0 amide bonds. The number of anilines is 1. The van der Waals surface area contributed by atoms with E-state index in [2.05, 4.69) is 15.3 Å². The van der Waals surface area contributed by atoms with Crippen molar-refractivity contribution in [3.8, 4) is 0 Å². The first-order valence-corrected chi connectivity index (χ1v) is 6.55. The summed E-state index contributed by atoms with van der Waals surface area (Å²) in [6, 6.07) is 1.67. The molecule has 0 aliphatic heterocycles. The highest BCUT2D eigenvalue weighted by molar-refractivity contribution is 6.29. The molecule has 0 aliphatic carbocycles. The SMILES string of the molecule is CCOCc1nc(Cl)cc(NCCOCCOC)n1.